The maximum absolute atomic E-state index is 13.0. The van der Waals surface area contributed by atoms with Crippen molar-refractivity contribution in [2.45, 2.75) is 12.8 Å². The van der Waals surface area contributed by atoms with Crippen LogP contribution in [0.2, 0.25) is 0 Å². The summed E-state index contributed by atoms with van der Waals surface area (Å²) in [5, 5.41) is 20.3. The average molecular weight is 426 g/mol. The fourth-order valence-electron chi connectivity index (χ4n) is 4.01. The van der Waals surface area contributed by atoms with Gasteiger partial charge in [-0.15, -0.1) is 0 Å². The number of hydrogen-bond acceptors (Lipinski definition) is 5. The average Bonchev–Trinajstić information content (AvgIpc) is 3.12. The molecule has 2 heterocycles. The maximum atomic E-state index is 13.0. The second-order valence-electron chi connectivity index (χ2n) is 7.60. The summed E-state index contributed by atoms with van der Waals surface area (Å²) < 4.78 is 0. The third kappa shape index (κ3) is 3.47. The van der Waals surface area contributed by atoms with Gasteiger partial charge in [-0.3, -0.25) is 19.7 Å². The van der Waals surface area contributed by atoms with Crippen molar-refractivity contribution in [3.63, 3.8) is 0 Å². The standard InChI is InChI=1S/C24H18N4O4/c29-21-11-6-15-12-16(7-9-19(15)26-21)25-23(14-4-2-1-3-5-14)22-18-13-17(28(31)32)8-10-20(18)27-24(22)30/h1-5,7-10,12-13,25H,6,11H2,(H,26,29)(H,27,30)/b23-22-. The van der Waals surface area contributed by atoms with Crippen LogP contribution in [0.25, 0.3) is 11.3 Å². The van der Waals surface area contributed by atoms with Crippen LogP contribution < -0.4 is 16.0 Å². The molecule has 2 aliphatic heterocycles. The number of nitro groups is 1. The number of hydrogen-bond donors (Lipinski definition) is 3. The molecule has 32 heavy (non-hydrogen) atoms. The minimum absolute atomic E-state index is 0.00821. The molecule has 2 amide bonds. The molecular weight excluding hydrogens is 408 g/mol. The number of carbonyl (C=O) groups is 2. The Bertz CT molecular complexity index is 1310. The van der Waals surface area contributed by atoms with Crippen molar-refractivity contribution in [1.82, 2.24) is 0 Å². The molecule has 0 bridgehead atoms. The van der Waals surface area contributed by atoms with Gasteiger partial charge in [0.25, 0.3) is 11.6 Å². The number of nitrogens with zero attached hydrogens (tertiary/aromatic N) is 1. The molecule has 0 saturated heterocycles. The van der Waals surface area contributed by atoms with Gasteiger partial charge in [-0.1, -0.05) is 30.3 Å². The summed E-state index contributed by atoms with van der Waals surface area (Å²) in [5.74, 6) is -0.344. The Morgan fingerprint density at radius 3 is 2.47 bits per heavy atom. The van der Waals surface area contributed by atoms with Gasteiger partial charge in [0, 0.05) is 41.2 Å². The normalized spacial score (nSPS) is 15.9. The van der Waals surface area contributed by atoms with Gasteiger partial charge >= 0.3 is 0 Å². The van der Waals surface area contributed by atoms with Crippen LogP contribution in [0.5, 0.6) is 0 Å². The zero-order chi connectivity index (χ0) is 22.2. The Hall–Kier alpha value is -4.46. The highest BCUT2D eigenvalue weighted by Crippen LogP contribution is 2.39. The molecule has 0 saturated carbocycles. The van der Waals surface area contributed by atoms with Crippen molar-refractivity contribution >= 4 is 45.8 Å². The molecule has 0 unspecified atom stereocenters. The van der Waals surface area contributed by atoms with E-state index in [2.05, 4.69) is 16.0 Å². The number of non-ortho nitro benzene ring substituents is 1. The number of nitro benzene ring substituents is 1. The van der Waals surface area contributed by atoms with Crippen molar-refractivity contribution < 1.29 is 14.5 Å². The summed E-state index contributed by atoms with van der Waals surface area (Å²) in [6, 6.07) is 19.3. The van der Waals surface area contributed by atoms with Crippen molar-refractivity contribution in [2.24, 2.45) is 0 Å². The van der Waals surface area contributed by atoms with Crippen molar-refractivity contribution in [2.75, 3.05) is 16.0 Å². The van der Waals surface area contributed by atoms with Crippen LogP contribution in [0.1, 0.15) is 23.1 Å². The Kier molecular flexibility index (Phi) is 4.67. The highest BCUT2D eigenvalue weighted by Gasteiger charge is 2.30. The van der Waals surface area contributed by atoms with E-state index in [0.717, 1.165) is 22.5 Å². The molecule has 8 heteroatoms. The topological polar surface area (TPSA) is 113 Å². The molecule has 158 valence electrons. The summed E-state index contributed by atoms with van der Waals surface area (Å²) in [4.78, 5) is 35.4. The highest BCUT2D eigenvalue weighted by molar-refractivity contribution is 6.37. The first-order valence-electron chi connectivity index (χ1n) is 10.1. The minimum atomic E-state index is -0.478. The third-order valence-corrected chi connectivity index (χ3v) is 5.54. The molecule has 5 rings (SSSR count). The molecule has 3 aromatic rings. The first-order chi connectivity index (χ1) is 15.5. The molecule has 0 fully saturated rings. The number of carbonyl (C=O) groups excluding carboxylic acids is 2. The van der Waals surface area contributed by atoms with E-state index in [0.29, 0.717) is 35.4 Å². The molecule has 0 spiro atoms. The van der Waals surface area contributed by atoms with Crippen LogP contribution in [0.3, 0.4) is 0 Å². The third-order valence-electron chi connectivity index (χ3n) is 5.54. The zero-order valence-corrected chi connectivity index (χ0v) is 16.8. The van der Waals surface area contributed by atoms with Crippen molar-refractivity contribution in [3.05, 3.63) is 93.5 Å². The number of aryl methyl sites for hydroxylation is 1. The lowest BCUT2D eigenvalue weighted by atomic mass is 9.98. The Morgan fingerprint density at radius 2 is 1.69 bits per heavy atom. The number of fused-ring (bicyclic) bond motifs is 2. The lowest BCUT2D eigenvalue weighted by molar-refractivity contribution is -0.384. The van der Waals surface area contributed by atoms with Gasteiger partial charge in [-0.2, -0.15) is 0 Å². The Labute approximate surface area is 183 Å². The smallest absolute Gasteiger partial charge is 0.270 e. The van der Waals surface area contributed by atoms with E-state index in [1.165, 1.54) is 12.1 Å². The number of benzene rings is 3. The summed E-state index contributed by atoms with van der Waals surface area (Å²) in [7, 11) is 0. The van der Waals surface area contributed by atoms with Crippen LogP contribution in [0, 0.1) is 10.1 Å². The predicted octanol–water partition coefficient (Wildman–Crippen LogP) is 4.41. The fourth-order valence-corrected chi connectivity index (χ4v) is 4.01. The summed E-state index contributed by atoms with van der Waals surface area (Å²) >= 11 is 0. The van der Waals surface area contributed by atoms with E-state index in [4.69, 9.17) is 0 Å². The van der Waals surface area contributed by atoms with Crippen LogP contribution in [-0.2, 0) is 16.0 Å². The lowest BCUT2D eigenvalue weighted by Gasteiger charge is -2.19. The molecule has 2 aliphatic rings. The van der Waals surface area contributed by atoms with E-state index in [9.17, 15) is 19.7 Å². The van der Waals surface area contributed by atoms with Gasteiger partial charge in [-0.25, -0.2) is 0 Å². The summed E-state index contributed by atoms with van der Waals surface area (Å²) in [5.41, 5.74) is 5.08. The zero-order valence-electron chi connectivity index (χ0n) is 16.8. The molecule has 0 aromatic heterocycles. The van der Waals surface area contributed by atoms with E-state index in [-0.39, 0.29) is 17.5 Å². The minimum Gasteiger partial charge on any atom is -0.354 e. The fraction of sp³-hybridized carbons (Fsp3) is 0.0833. The van der Waals surface area contributed by atoms with Crippen LogP contribution >= 0.6 is 0 Å². The van der Waals surface area contributed by atoms with Crippen LogP contribution in [0.15, 0.2) is 66.7 Å². The largest absolute Gasteiger partial charge is 0.354 e. The summed E-state index contributed by atoms with van der Waals surface area (Å²) in [6.45, 7) is 0. The second kappa shape index (κ2) is 7.66. The first-order valence-corrected chi connectivity index (χ1v) is 10.1. The van der Waals surface area contributed by atoms with E-state index in [1.54, 1.807) is 6.07 Å². The molecule has 8 nitrogen and oxygen atoms in total. The van der Waals surface area contributed by atoms with E-state index < -0.39 is 4.92 Å². The van der Waals surface area contributed by atoms with Gasteiger partial charge in [0.15, 0.2) is 0 Å². The second-order valence-corrected chi connectivity index (χ2v) is 7.60. The maximum Gasteiger partial charge on any atom is 0.270 e. The van der Waals surface area contributed by atoms with Gasteiger partial charge < -0.3 is 16.0 Å². The SMILES string of the molecule is O=C1CCc2cc(N/C(=C3\C(=O)Nc4ccc([N+](=O)[O-])cc43)c3ccccc3)ccc2N1. The predicted molar refractivity (Wildman–Crippen MR) is 122 cm³/mol. The van der Waals surface area contributed by atoms with Crippen molar-refractivity contribution in [3.8, 4) is 0 Å². The van der Waals surface area contributed by atoms with Gasteiger partial charge in [0.1, 0.15) is 0 Å². The Morgan fingerprint density at radius 1 is 0.906 bits per heavy atom. The van der Waals surface area contributed by atoms with E-state index in [1.807, 2.05) is 48.5 Å². The van der Waals surface area contributed by atoms with Gasteiger partial charge in [-0.05, 0) is 41.8 Å². The number of amides is 2. The molecule has 0 aliphatic carbocycles. The number of anilines is 3. The van der Waals surface area contributed by atoms with Gasteiger partial charge in [0.2, 0.25) is 5.91 Å². The Balaban J connectivity index is 1.65. The summed E-state index contributed by atoms with van der Waals surface area (Å²) in [6.07, 6.45) is 1.05. The number of rotatable bonds is 4. The van der Waals surface area contributed by atoms with E-state index >= 15 is 0 Å². The molecule has 3 aromatic carbocycles. The quantitative estimate of drug-likeness (QED) is 0.325. The molecule has 0 atom stereocenters. The van der Waals surface area contributed by atoms with Crippen molar-refractivity contribution in [1.29, 1.82) is 0 Å². The molecule has 3 N–H and O–H groups in total. The monoisotopic (exact) mass is 426 g/mol. The molecular formula is C24H18N4O4. The van der Waals surface area contributed by atoms with Crippen LogP contribution in [-0.4, -0.2) is 16.7 Å². The van der Waals surface area contributed by atoms with Gasteiger partial charge in [0.05, 0.1) is 16.2 Å². The number of nitrogens with one attached hydrogen (secondary N) is 3. The lowest BCUT2D eigenvalue weighted by Crippen LogP contribution is -2.19. The first kappa shape index (κ1) is 19.5. The van der Waals surface area contributed by atoms with Crippen LogP contribution in [0.4, 0.5) is 22.7 Å². The highest BCUT2D eigenvalue weighted by atomic mass is 16.6. The molecule has 0 radical (unpaired) electrons.